The van der Waals surface area contributed by atoms with Crippen LogP contribution in [0.2, 0.25) is 5.02 Å². The lowest BCUT2D eigenvalue weighted by atomic mass is 10.1. The molecule has 1 atom stereocenters. The Hall–Kier alpha value is -2.50. The Kier molecular flexibility index (Phi) is 5.55. The third-order valence-electron chi connectivity index (χ3n) is 5.17. The van der Waals surface area contributed by atoms with Crippen LogP contribution in [0.15, 0.2) is 52.9 Å². The fourth-order valence-electron chi connectivity index (χ4n) is 3.74. The van der Waals surface area contributed by atoms with Gasteiger partial charge in [0.05, 0.1) is 5.02 Å². The fourth-order valence-corrected chi connectivity index (χ4v) is 3.93. The van der Waals surface area contributed by atoms with Crippen molar-refractivity contribution in [3.8, 4) is 5.75 Å². The fraction of sp³-hybridized carbons (Fsp3) is 0.318. The Morgan fingerprint density at radius 2 is 2.04 bits per heavy atom. The van der Waals surface area contributed by atoms with Crippen molar-refractivity contribution in [1.82, 2.24) is 10.2 Å². The van der Waals surface area contributed by atoms with E-state index in [0.29, 0.717) is 28.0 Å². The zero-order valence-corrected chi connectivity index (χ0v) is 16.5. The summed E-state index contributed by atoms with van der Waals surface area (Å²) in [6, 6.07) is 15.0. The molecule has 0 saturated carbocycles. The van der Waals surface area contributed by atoms with Crippen molar-refractivity contribution < 1.29 is 13.9 Å². The SMILES string of the molecule is CNC[C@H]1CCN(C(=O)c2oc3ccccc3c2COc2ccccc2Cl)C1. The number of nitrogens with one attached hydrogen (secondary N) is 1. The highest BCUT2D eigenvalue weighted by atomic mass is 35.5. The largest absolute Gasteiger partial charge is 0.487 e. The Morgan fingerprint density at radius 3 is 2.86 bits per heavy atom. The molecule has 146 valence electrons. The lowest BCUT2D eigenvalue weighted by Crippen LogP contribution is -2.30. The number of benzene rings is 2. The number of hydrogen-bond acceptors (Lipinski definition) is 4. The highest BCUT2D eigenvalue weighted by molar-refractivity contribution is 6.32. The van der Waals surface area contributed by atoms with Crippen molar-refractivity contribution >= 4 is 28.5 Å². The molecule has 2 aromatic carbocycles. The van der Waals surface area contributed by atoms with E-state index >= 15 is 0 Å². The number of furan rings is 1. The lowest BCUT2D eigenvalue weighted by molar-refractivity contribution is 0.0754. The summed E-state index contributed by atoms with van der Waals surface area (Å²) in [6.45, 7) is 2.61. The Bertz CT molecular complexity index is 985. The van der Waals surface area contributed by atoms with Gasteiger partial charge in [-0.2, -0.15) is 0 Å². The first-order valence-corrected chi connectivity index (χ1v) is 9.86. The second-order valence-corrected chi connectivity index (χ2v) is 7.50. The van der Waals surface area contributed by atoms with E-state index in [2.05, 4.69) is 5.32 Å². The van der Waals surface area contributed by atoms with Crippen molar-refractivity contribution in [2.75, 3.05) is 26.7 Å². The van der Waals surface area contributed by atoms with Gasteiger partial charge in [-0.1, -0.05) is 41.9 Å². The maximum atomic E-state index is 13.2. The van der Waals surface area contributed by atoms with Crippen LogP contribution in [0.25, 0.3) is 11.0 Å². The molecule has 4 rings (SSSR count). The zero-order chi connectivity index (χ0) is 19.5. The third-order valence-corrected chi connectivity index (χ3v) is 5.48. The first kappa shape index (κ1) is 18.8. The molecule has 1 N–H and O–H groups in total. The summed E-state index contributed by atoms with van der Waals surface area (Å²) in [5.74, 6) is 1.34. The molecule has 3 aromatic rings. The maximum Gasteiger partial charge on any atom is 0.290 e. The molecule has 1 amide bonds. The van der Waals surface area contributed by atoms with Crippen LogP contribution >= 0.6 is 11.6 Å². The van der Waals surface area contributed by atoms with Crippen molar-refractivity contribution in [3.05, 3.63) is 64.9 Å². The molecular formula is C22H23ClN2O3. The maximum absolute atomic E-state index is 13.2. The molecule has 6 heteroatoms. The van der Waals surface area contributed by atoms with Gasteiger partial charge >= 0.3 is 0 Å². The molecule has 2 heterocycles. The molecule has 0 unspecified atom stereocenters. The number of carbonyl (C=O) groups is 1. The zero-order valence-electron chi connectivity index (χ0n) is 15.8. The van der Waals surface area contributed by atoms with Crippen LogP contribution in [0, 0.1) is 5.92 Å². The number of likely N-dealkylation sites (tertiary alicyclic amines) is 1. The lowest BCUT2D eigenvalue weighted by Gasteiger charge is -2.16. The van der Waals surface area contributed by atoms with Crippen LogP contribution in [-0.2, 0) is 6.61 Å². The van der Waals surface area contributed by atoms with E-state index in [0.717, 1.165) is 37.0 Å². The average Bonchev–Trinajstić information content (AvgIpc) is 3.32. The Labute approximate surface area is 169 Å². The first-order chi connectivity index (χ1) is 13.7. The number of halogens is 1. The summed E-state index contributed by atoms with van der Waals surface area (Å²) in [6.07, 6.45) is 0.998. The van der Waals surface area contributed by atoms with E-state index in [1.165, 1.54) is 0 Å². The van der Waals surface area contributed by atoms with Crippen molar-refractivity contribution in [2.24, 2.45) is 5.92 Å². The molecule has 28 heavy (non-hydrogen) atoms. The minimum Gasteiger partial charge on any atom is -0.487 e. The van der Waals surface area contributed by atoms with Crippen LogP contribution in [0.3, 0.4) is 0 Å². The number of amides is 1. The highest BCUT2D eigenvalue weighted by Crippen LogP contribution is 2.31. The minimum atomic E-state index is -0.0763. The van der Waals surface area contributed by atoms with E-state index in [9.17, 15) is 4.79 Å². The minimum absolute atomic E-state index is 0.0763. The molecule has 0 spiro atoms. The van der Waals surface area contributed by atoms with E-state index in [1.807, 2.05) is 54.4 Å². The molecule has 1 aliphatic heterocycles. The number of para-hydroxylation sites is 2. The van der Waals surface area contributed by atoms with Crippen LogP contribution in [0.1, 0.15) is 22.5 Å². The van der Waals surface area contributed by atoms with Gasteiger partial charge in [-0.25, -0.2) is 0 Å². The molecule has 1 saturated heterocycles. The van der Waals surface area contributed by atoms with Gasteiger partial charge in [0.15, 0.2) is 5.76 Å². The summed E-state index contributed by atoms with van der Waals surface area (Å²) in [5, 5.41) is 4.62. The molecule has 1 aromatic heterocycles. The van der Waals surface area contributed by atoms with Crippen LogP contribution < -0.4 is 10.1 Å². The van der Waals surface area contributed by atoms with Gasteiger partial charge < -0.3 is 19.4 Å². The predicted molar refractivity (Wildman–Crippen MR) is 110 cm³/mol. The van der Waals surface area contributed by atoms with Gasteiger partial charge in [0.1, 0.15) is 17.9 Å². The standard InChI is InChI=1S/C22H23ClN2O3/c1-24-12-15-10-11-25(13-15)22(26)21-17(16-6-2-4-8-19(16)28-21)14-27-20-9-5-3-7-18(20)23/h2-9,15,24H,10-14H2,1H3/t15-/m1/s1. The van der Waals surface area contributed by atoms with Gasteiger partial charge in [-0.3, -0.25) is 4.79 Å². The topological polar surface area (TPSA) is 54.7 Å². The summed E-state index contributed by atoms with van der Waals surface area (Å²) in [4.78, 5) is 15.1. The van der Waals surface area contributed by atoms with Gasteiger partial charge in [-0.05, 0) is 44.1 Å². The van der Waals surface area contributed by atoms with Gasteiger partial charge in [0, 0.05) is 24.0 Å². The molecule has 0 bridgehead atoms. The van der Waals surface area contributed by atoms with E-state index in [-0.39, 0.29) is 12.5 Å². The normalized spacial score (nSPS) is 16.6. The van der Waals surface area contributed by atoms with Gasteiger partial charge in [0.25, 0.3) is 5.91 Å². The molecular weight excluding hydrogens is 376 g/mol. The van der Waals surface area contributed by atoms with Gasteiger partial charge in [0.2, 0.25) is 0 Å². The summed E-state index contributed by atoms with van der Waals surface area (Å²) < 4.78 is 11.9. The van der Waals surface area contributed by atoms with Gasteiger partial charge in [-0.15, -0.1) is 0 Å². The second-order valence-electron chi connectivity index (χ2n) is 7.09. The number of carbonyl (C=O) groups excluding carboxylic acids is 1. The molecule has 0 aliphatic carbocycles. The van der Waals surface area contributed by atoms with Crippen molar-refractivity contribution in [2.45, 2.75) is 13.0 Å². The van der Waals surface area contributed by atoms with Crippen molar-refractivity contribution in [1.29, 1.82) is 0 Å². The number of rotatable bonds is 6. The Morgan fingerprint density at radius 1 is 1.25 bits per heavy atom. The van der Waals surface area contributed by atoms with E-state index in [1.54, 1.807) is 6.07 Å². The van der Waals surface area contributed by atoms with E-state index in [4.69, 9.17) is 20.8 Å². The Balaban J connectivity index is 1.62. The molecule has 5 nitrogen and oxygen atoms in total. The third kappa shape index (κ3) is 3.73. The number of fused-ring (bicyclic) bond motifs is 1. The highest BCUT2D eigenvalue weighted by Gasteiger charge is 2.31. The number of ether oxygens (including phenoxy) is 1. The average molecular weight is 399 g/mol. The number of nitrogens with zero attached hydrogens (tertiary/aromatic N) is 1. The second kappa shape index (κ2) is 8.25. The summed E-state index contributed by atoms with van der Waals surface area (Å²) in [5.41, 5.74) is 1.45. The van der Waals surface area contributed by atoms with Crippen LogP contribution in [0.4, 0.5) is 0 Å². The monoisotopic (exact) mass is 398 g/mol. The predicted octanol–water partition coefficient (Wildman–Crippen LogP) is 4.35. The number of hydrogen-bond donors (Lipinski definition) is 1. The first-order valence-electron chi connectivity index (χ1n) is 9.49. The quantitative estimate of drug-likeness (QED) is 0.670. The van der Waals surface area contributed by atoms with Crippen LogP contribution in [0.5, 0.6) is 5.75 Å². The molecule has 1 fully saturated rings. The summed E-state index contributed by atoms with van der Waals surface area (Å²) >= 11 is 6.20. The smallest absolute Gasteiger partial charge is 0.290 e. The van der Waals surface area contributed by atoms with Crippen molar-refractivity contribution in [3.63, 3.8) is 0 Å². The summed E-state index contributed by atoms with van der Waals surface area (Å²) in [7, 11) is 1.94. The molecule has 1 aliphatic rings. The van der Waals surface area contributed by atoms with Crippen LogP contribution in [-0.4, -0.2) is 37.5 Å². The van der Waals surface area contributed by atoms with E-state index < -0.39 is 0 Å². The molecule has 0 radical (unpaired) electrons.